The predicted octanol–water partition coefficient (Wildman–Crippen LogP) is 7.60. The number of hydrogen-bond donors (Lipinski definition) is 1. The third kappa shape index (κ3) is 17.8. The zero-order valence-electron chi connectivity index (χ0n) is 16.8. The van der Waals surface area contributed by atoms with Crippen LogP contribution in [0.15, 0.2) is 0 Å². The molecule has 0 aliphatic rings. The Morgan fingerprint density at radius 3 is 1.46 bits per heavy atom. The van der Waals surface area contributed by atoms with Gasteiger partial charge in [-0.2, -0.15) is 0 Å². The highest BCUT2D eigenvalue weighted by molar-refractivity contribution is 5.66. The molecule has 144 valence electrons. The van der Waals surface area contributed by atoms with Gasteiger partial charge in [-0.1, -0.05) is 117 Å². The van der Waals surface area contributed by atoms with Gasteiger partial charge in [-0.15, -0.1) is 0 Å². The third-order valence-electron chi connectivity index (χ3n) is 5.22. The number of carbonyl (C=O) groups is 1. The molecule has 0 saturated heterocycles. The van der Waals surface area contributed by atoms with E-state index < -0.39 is 5.97 Å². The normalized spacial score (nSPS) is 13.8. The molecule has 0 radical (unpaired) electrons. The average Bonchev–Trinajstić information content (AvgIpc) is 2.52. The fourth-order valence-electron chi connectivity index (χ4n) is 3.51. The first-order chi connectivity index (χ1) is 11.6. The van der Waals surface area contributed by atoms with E-state index in [0.29, 0.717) is 12.3 Å². The second-order valence-electron chi connectivity index (χ2n) is 8.06. The second-order valence-corrected chi connectivity index (χ2v) is 8.06. The van der Waals surface area contributed by atoms with Crippen LogP contribution in [-0.2, 0) is 4.79 Å². The molecule has 24 heavy (non-hydrogen) atoms. The van der Waals surface area contributed by atoms with Gasteiger partial charge in [0.1, 0.15) is 0 Å². The fourth-order valence-corrected chi connectivity index (χ4v) is 3.51. The van der Waals surface area contributed by atoms with E-state index in [-0.39, 0.29) is 0 Å². The van der Waals surface area contributed by atoms with Gasteiger partial charge >= 0.3 is 5.97 Å². The lowest BCUT2D eigenvalue weighted by atomic mass is 9.96. The molecule has 2 nitrogen and oxygen atoms in total. The summed E-state index contributed by atoms with van der Waals surface area (Å²) in [6.45, 7) is 6.76. The summed E-state index contributed by atoms with van der Waals surface area (Å²) in [5.41, 5.74) is 0. The molecule has 0 amide bonds. The largest absolute Gasteiger partial charge is 0.481 e. The molecule has 2 heteroatoms. The minimum atomic E-state index is -0.655. The highest BCUT2D eigenvalue weighted by atomic mass is 16.4. The van der Waals surface area contributed by atoms with Gasteiger partial charge in [0.05, 0.1) is 0 Å². The molecule has 0 aromatic carbocycles. The van der Waals surface area contributed by atoms with Crippen LogP contribution >= 0.6 is 0 Å². The Morgan fingerprint density at radius 1 is 0.667 bits per heavy atom. The van der Waals surface area contributed by atoms with Crippen LogP contribution in [0.1, 0.15) is 124 Å². The molecule has 0 bridgehead atoms. The minimum Gasteiger partial charge on any atom is -0.481 e. The Bertz CT molecular complexity index is 275. The Kier molecular flexibility index (Phi) is 16.9. The number of rotatable bonds is 18. The van der Waals surface area contributed by atoms with Crippen LogP contribution in [0.2, 0.25) is 0 Å². The first kappa shape index (κ1) is 23.5. The van der Waals surface area contributed by atoms with Gasteiger partial charge in [-0.25, -0.2) is 0 Å². The van der Waals surface area contributed by atoms with Crippen molar-refractivity contribution >= 4 is 5.97 Å². The van der Waals surface area contributed by atoms with Gasteiger partial charge in [0, 0.05) is 6.42 Å². The van der Waals surface area contributed by atoms with Crippen LogP contribution in [-0.4, -0.2) is 11.1 Å². The van der Waals surface area contributed by atoms with E-state index in [2.05, 4.69) is 20.8 Å². The van der Waals surface area contributed by atoms with E-state index in [0.717, 1.165) is 12.3 Å². The summed E-state index contributed by atoms with van der Waals surface area (Å²) < 4.78 is 0. The minimum absolute atomic E-state index is 0.331. The number of carboxylic acid groups (broad SMARTS) is 1. The summed E-state index contributed by atoms with van der Waals surface area (Å²) in [5.74, 6) is 0.616. The Labute approximate surface area is 151 Å². The van der Waals surface area contributed by atoms with Crippen molar-refractivity contribution in [2.75, 3.05) is 0 Å². The number of aliphatic carboxylic acids is 1. The molecule has 0 aliphatic carbocycles. The molecule has 0 rings (SSSR count). The lowest BCUT2D eigenvalue weighted by Crippen LogP contribution is -2.03. The first-order valence-electron chi connectivity index (χ1n) is 10.8. The highest BCUT2D eigenvalue weighted by Gasteiger charge is 2.06. The molecule has 0 aromatic rings. The van der Waals surface area contributed by atoms with E-state index in [1.807, 2.05) is 0 Å². The van der Waals surface area contributed by atoms with Crippen molar-refractivity contribution < 1.29 is 9.90 Å². The van der Waals surface area contributed by atoms with Crippen LogP contribution in [0.3, 0.4) is 0 Å². The SMILES string of the molecule is CCCCCC(C)CCCCCCCCCCCC(C)CC(=O)O. The molecular formula is C22H44O2. The van der Waals surface area contributed by atoms with Gasteiger partial charge < -0.3 is 5.11 Å². The van der Waals surface area contributed by atoms with Crippen molar-refractivity contribution in [3.05, 3.63) is 0 Å². The molecule has 0 aromatic heterocycles. The van der Waals surface area contributed by atoms with E-state index in [1.165, 1.54) is 89.9 Å². The molecule has 2 atom stereocenters. The Hall–Kier alpha value is -0.530. The summed E-state index contributed by atoms with van der Waals surface area (Å²) >= 11 is 0. The smallest absolute Gasteiger partial charge is 0.303 e. The van der Waals surface area contributed by atoms with Crippen molar-refractivity contribution in [1.29, 1.82) is 0 Å². The highest BCUT2D eigenvalue weighted by Crippen LogP contribution is 2.18. The van der Waals surface area contributed by atoms with Crippen LogP contribution in [0.4, 0.5) is 0 Å². The van der Waals surface area contributed by atoms with Crippen molar-refractivity contribution in [2.45, 2.75) is 124 Å². The predicted molar refractivity (Wildman–Crippen MR) is 106 cm³/mol. The van der Waals surface area contributed by atoms with Crippen molar-refractivity contribution in [3.63, 3.8) is 0 Å². The molecule has 0 saturated carbocycles. The van der Waals surface area contributed by atoms with Crippen LogP contribution < -0.4 is 0 Å². The van der Waals surface area contributed by atoms with E-state index >= 15 is 0 Å². The zero-order chi connectivity index (χ0) is 18.0. The Morgan fingerprint density at radius 2 is 1.04 bits per heavy atom. The van der Waals surface area contributed by atoms with Gasteiger partial charge in [0.15, 0.2) is 0 Å². The van der Waals surface area contributed by atoms with Crippen molar-refractivity contribution in [3.8, 4) is 0 Å². The molecule has 0 fully saturated rings. The summed E-state index contributed by atoms with van der Waals surface area (Å²) in [4.78, 5) is 10.6. The lowest BCUT2D eigenvalue weighted by Gasteiger charge is -2.10. The van der Waals surface area contributed by atoms with Gasteiger partial charge in [0.2, 0.25) is 0 Å². The third-order valence-corrected chi connectivity index (χ3v) is 5.22. The van der Waals surface area contributed by atoms with E-state index in [4.69, 9.17) is 5.11 Å². The van der Waals surface area contributed by atoms with Gasteiger partial charge in [0.25, 0.3) is 0 Å². The number of unbranched alkanes of at least 4 members (excludes halogenated alkanes) is 10. The zero-order valence-corrected chi connectivity index (χ0v) is 16.8. The van der Waals surface area contributed by atoms with Crippen LogP contribution in [0, 0.1) is 11.8 Å². The average molecular weight is 341 g/mol. The summed E-state index contributed by atoms with van der Waals surface area (Å²) in [5, 5.41) is 8.72. The standard InChI is InChI=1S/C22H44O2/c1-4-5-13-16-20(2)17-14-11-9-7-6-8-10-12-15-18-21(3)19-22(23)24/h20-21H,4-19H2,1-3H3,(H,23,24). The van der Waals surface area contributed by atoms with Crippen molar-refractivity contribution in [1.82, 2.24) is 0 Å². The topological polar surface area (TPSA) is 37.3 Å². The summed E-state index contributed by atoms with van der Waals surface area (Å²) in [6.07, 6.45) is 20.6. The van der Waals surface area contributed by atoms with Crippen molar-refractivity contribution in [2.24, 2.45) is 11.8 Å². The number of hydrogen-bond acceptors (Lipinski definition) is 1. The maximum Gasteiger partial charge on any atom is 0.303 e. The molecule has 1 N–H and O–H groups in total. The van der Waals surface area contributed by atoms with Gasteiger partial charge in [-0.3, -0.25) is 4.79 Å². The Balaban J connectivity index is 3.18. The van der Waals surface area contributed by atoms with E-state index in [1.54, 1.807) is 0 Å². The van der Waals surface area contributed by atoms with E-state index in [9.17, 15) is 4.79 Å². The maximum atomic E-state index is 10.6. The summed E-state index contributed by atoms with van der Waals surface area (Å²) in [6, 6.07) is 0. The monoisotopic (exact) mass is 340 g/mol. The quantitative estimate of drug-likeness (QED) is 0.261. The molecule has 0 spiro atoms. The van der Waals surface area contributed by atoms with Crippen LogP contribution in [0.25, 0.3) is 0 Å². The first-order valence-corrected chi connectivity index (χ1v) is 10.8. The fraction of sp³-hybridized carbons (Fsp3) is 0.955. The summed E-state index contributed by atoms with van der Waals surface area (Å²) in [7, 11) is 0. The second kappa shape index (κ2) is 17.3. The molecular weight excluding hydrogens is 296 g/mol. The van der Waals surface area contributed by atoms with Gasteiger partial charge in [-0.05, 0) is 11.8 Å². The van der Waals surface area contributed by atoms with Crippen LogP contribution in [0.5, 0.6) is 0 Å². The molecule has 0 aliphatic heterocycles. The number of carboxylic acids is 1. The lowest BCUT2D eigenvalue weighted by molar-refractivity contribution is -0.138. The maximum absolute atomic E-state index is 10.6. The molecule has 2 unspecified atom stereocenters. The molecule has 0 heterocycles.